The highest BCUT2D eigenvalue weighted by molar-refractivity contribution is 9.10. The van der Waals surface area contributed by atoms with E-state index in [2.05, 4.69) is 20.7 Å². The molecule has 1 N–H and O–H groups in total. The number of halogens is 1. The number of esters is 1. The summed E-state index contributed by atoms with van der Waals surface area (Å²) in [6, 6.07) is 3.10. The third-order valence-corrected chi connectivity index (χ3v) is 5.39. The molecular formula is C14H19BrN2O5S. The molecule has 1 aromatic carbocycles. The lowest BCUT2D eigenvalue weighted by atomic mass is 10.2. The fourth-order valence-electron chi connectivity index (χ4n) is 1.79. The largest absolute Gasteiger partial charge is 0.462 e. The number of likely N-dealkylation sites (N-methyl/N-ethyl adjacent to an activating group) is 1. The summed E-state index contributed by atoms with van der Waals surface area (Å²) in [6.45, 7) is 3.36. The molecule has 0 aliphatic rings. The average molecular weight is 407 g/mol. The second kappa shape index (κ2) is 7.89. The van der Waals surface area contributed by atoms with Gasteiger partial charge >= 0.3 is 5.97 Å². The van der Waals surface area contributed by atoms with Crippen LogP contribution in [0, 0.1) is 0 Å². The number of carbonyl (C=O) groups is 2. The first-order chi connectivity index (χ1) is 10.6. The van der Waals surface area contributed by atoms with Gasteiger partial charge in [-0.25, -0.2) is 13.2 Å². The van der Waals surface area contributed by atoms with Crippen LogP contribution in [0.15, 0.2) is 27.6 Å². The standard InChI is InChI=1S/C14H19BrN2O5S/c1-5-22-14(19)10-6-7-12(11(15)8-10)23(20,21)16-9(2)13(18)17(3)4/h6-9,16H,5H2,1-4H3. The van der Waals surface area contributed by atoms with Crippen LogP contribution in [0.5, 0.6) is 0 Å². The number of nitrogens with one attached hydrogen (secondary N) is 1. The predicted octanol–water partition coefficient (Wildman–Crippen LogP) is 1.38. The van der Waals surface area contributed by atoms with Gasteiger partial charge in [0.2, 0.25) is 15.9 Å². The number of carbonyl (C=O) groups excluding carboxylic acids is 2. The van der Waals surface area contributed by atoms with Crippen molar-refractivity contribution in [1.29, 1.82) is 0 Å². The van der Waals surface area contributed by atoms with E-state index in [1.54, 1.807) is 6.92 Å². The van der Waals surface area contributed by atoms with Crippen LogP contribution in [0.1, 0.15) is 24.2 Å². The van der Waals surface area contributed by atoms with Crippen LogP contribution in [-0.2, 0) is 19.6 Å². The smallest absolute Gasteiger partial charge is 0.338 e. The second-order valence-electron chi connectivity index (χ2n) is 4.94. The Morgan fingerprint density at radius 3 is 2.43 bits per heavy atom. The molecular weight excluding hydrogens is 388 g/mol. The Morgan fingerprint density at radius 2 is 1.96 bits per heavy atom. The normalized spacial score (nSPS) is 12.6. The van der Waals surface area contributed by atoms with E-state index in [0.29, 0.717) is 0 Å². The van der Waals surface area contributed by atoms with E-state index < -0.39 is 22.0 Å². The Bertz CT molecular complexity index is 703. The summed E-state index contributed by atoms with van der Waals surface area (Å²) in [7, 11) is -0.842. The van der Waals surface area contributed by atoms with E-state index in [1.165, 1.54) is 44.1 Å². The van der Waals surface area contributed by atoms with Gasteiger partial charge in [-0.05, 0) is 48.0 Å². The molecule has 0 aliphatic carbocycles. The molecule has 0 saturated heterocycles. The lowest BCUT2D eigenvalue weighted by molar-refractivity contribution is -0.130. The molecule has 1 amide bonds. The molecule has 1 aromatic rings. The molecule has 23 heavy (non-hydrogen) atoms. The molecule has 0 saturated carbocycles. The summed E-state index contributed by atoms with van der Waals surface area (Å²) >= 11 is 3.14. The third-order valence-electron chi connectivity index (χ3n) is 2.88. The fourth-order valence-corrected chi connectivity index (χ4v) is 4.07. The minimum absolute atomic E-state index is 0.0658. The zero-order valence-electron chi connectivity index (χ0n) is 13.3. The van der Waals surface area contributed by atoms with E-state index in [0.717, 1.165) is 0 Å². The molecule has 1 rings (SSSR count). The molecule has 0 radical (unpaired) electrons. The first kappa shape index (κ1) is 19.6. The topological polar surface area (TPSA) is 92.8 Å². The summed E-state index contributed by atoms with van der Waals surface area (Å²) in [5, 5.41) is 0. The highest BCUT2D eigenvalue weighted by Crippen LogP contribution is 2.24. The molecule has 0 bridgehead atoms. The number of benzene rings is 1. The Labute approximate surface area is 144 Å². The van der Waals surface area contributed by atoms with Gasteiger partial charge < -0.3 is 9.64 Å². The summed E-state index contributed by atoms with van der Waals surface area (Å²) in [5.41, 5.74) is 0.232. The van der Waals surface area contributed by atoms with Crippen molar-refractivity contribution in [3.05, 3.63) is 28.2 Å². The van der Waals surface area contributed by atoms with Gasteiger partial charge in [-0.2, -0.15) is 4.72 Å². The van der Waals surface area contributed by atoms with Gasteiger partial charge in [-0.3, -0.25) is 4.79 Å². The molecule has 1 atom stereocenters. The summed E-state index contributed by atoms with van der Waals surface area (Å²) < 4.78 is 32.1. The van der Waals surface area contributed by atoms with Crippen LogP contribution in [-0.4, -0.2) is 51.9 Å². The maximum atomic E-state index is 12.4. The molecule has 0 fully saturated rings. The van der Waals surface area contributed by atoms with E-state index in [1.807, 2.05) is 0 Å². The van der Waals surface area contributed by atoms with Gasteiger partial charge in [-0.1, -0.05) is 0 Å². The monoisotopic (exact) mass is 406 g/mol. The average Bonchev–Trinajstić information content (AvgIpc) is 2.45. The van der Waals surface area contributed by atoms with E-state index in [9.17, 15) is 18.0 Å². The minimum atomic E-state index is -3.92. The number of amides is 1. The molecule has 0 aromatic heterocycles. The van der Waals surface area contributed by atoms with Crippen molar-refractivity contribution in [2.24, 2.45) is 0 Å². The zero-order chi connectivity index (χ0) is 17.8. The van der Waals surface area contributed by atoms with Gasteiger partial charge in [0.15, 0.2) is 0 Å². The van der Waals surface area contributed by atoms with Gasteiger partial charge in [-0.15, -0.1) is 0 Å². The fraction of sp³-hybridized carbons (Fsp3) is 0.429. The van der Waals surface area contributed by atoms with Gasteiger partial charge in [0.05, 0.1) is 23.1 Å². The van der Waals surface area contributed by atoms with Crippen molar-refractivity contribution in [2.45, 2.75) is 24.8 Å². The molecule has 0 aliphatic heterocycles. The van der Waals surface area contributed by atoms with E-state index in [-0.39, 0.29) is 27.4 Å². The van der Waals surface area contributed by atoms with Crippen LogP contribution >= 0.6 is 15.9 Å². The van der Waals surface area contributed by atoms with Crippen LogP contribution in [0.2, 0.25) is 0 Å². The molecule has 1 unspecified atom stereocenters. The molecule has 0 spiro atoms. The second-order valence-corrected chi connectivity index (χ2v) is 7.48. The Morgan fingerprint density at radius 1 is 1.35 bits per heavy atom. The Balaban J connectivity index is 3.06. The molecule has 7 nitrogen and oxygen atoms in total. The maximum Gasteiger partial charge on any atom is 0.338 e. The summed E-state index contributed by atoms with van der Waals surface area (Å²) in [6.07, 6.45) is 0. The van der Waals surface area contributed by atoms with Crippen LogP contribution in [0.3, 0.4) is 0 Å². The van der Waals surface area contributed by atoms with E-state index >= 15 is 0 Å². The Hall–Kier alpha value is -1.45. The van der Waals surface area contributed by atoms with Crippen LogP contribution < -0.4 is 4.72 Å². The number of nitrogens with zero attached hydrogens (tertiary/aromatic N) is 1. The number of rotatable bonds is 6. The quantitative estimate of drug-likeness (QED) is 0.720. The highest BCUT2D eigenvalue weighted by Gasteiger charge is 2.25. The van der Waals surface area contributed by atoms with Gasteiger partial charge in [0.1, 0.15) is 0 Å². The summed E-state index contributed by atoms with van der Waals surface area (Å²) in [5.74, 6) is -0.908. The number of hydrogen-bond donors (Lipinski definition) is 1. The molecule has 128 valence electrons. The van der Waals surface area contributed by atoms with Gasteiger partial charge in [0.25, 0.3) is 0 Å². The first-order valence-corrected chi connectivity index (χ1v) is 9.08. The molecule has 9 heteroatoms. The van der Waals surface area contributed by atoms with Crippen molar-refractivity contribution in [1.82, 2.24) is 9.62 Å². The highest BCUT2D eigenvalue weighted by atomic mass is 79.9. The zero-order valence-corrected chi connectivity index (χ0v) is 15.7. The lowest BCUT2D eigenvalue weighted by Gasteiger charge is -2.18. The maximum absolute atomic E-state index is 12.4. The van der Waals surface area contributed by atoms with Crippen molar-refractivity contribution >= 4 is 37.8 Å². The predicted molar refractivity (Wildman–Crippen MR) is 88.6 cm³/mol. The molecule has 0 heterocycles. The van der Waals surface area contributed by atoms with E-state index in [4.69, 9.17) is 4.74 Å². The number of sulfonamides is 1. The van der Waals surface area contributed by atoms with Crippen LogP contribution in [0.4, 0.5) is 0 Å². The van der Waals surface area contributed by atoms with Crippen molar-refractivity contribution in [3.63, 3.8) is 0 Å². The summed E-state index contributed by atoms with van der Waals surface area (Å²) in [4.78, 5) is 24.7. The van der Waals surface area contributed by atoms with Crippen molar-refractivity contribution in [2.75, 3.05) is 20.7 Å². The first-order valence-electron chi connectivity index (χ1n) is 6.80. The Kier molecular flexibility index (Phi) is 6.72. The van der Waals surface area contributed by atoms with Gasteiger partial charge in [0, 0.05) is 18.6 Å². The number of hydrogen-bond acceptors (Lipinski definition) is 5. The van der Waals surface area contributed by atoms with Crippen molar-refractivity contribution in [3.8, 4) is 0 Å². The third kappa shape index (κ3) is 5.02. The van der Waals surface area contributed by atoms with Crippen LogP contribution in [0.25, 0.3) is 0 Å². The van der Waals surface area contributed by atoms with Crippen molar-refractivity contribution < 1.29 is 22.7 Å². The number of ether oxygens (including phenoxy) is 1. The minimum Gasteiger partial charge on any atom is -0.462 e. The lowest BCUT2D eigenvalue weighted by Crippen LogP contribution is -2.44. The SMILES string of the molecule is CCOC(=O)c1ccc(S(=O)(=O)NC(C)C(=O)N(C)C)c(Br)c1.